The predicted molar refractivity (Wildman–Crippen MR) is 63.7 cm³/mol. The number of phenolic OH excluding ortho intramolecular Hbond substituents is 1. The number of rotatable bonds is 4. The Labute approximate surface area is 102 Å². The first-order valence-corrected chi connectivity index (χ1v) is 5.76. The molecule has 2 aromatic rings. The summed E-state index contributed by atoms with van der Waals surface area (Å²) in [6.45, 7) is 0.228. The molecule has 0 saturated heterocycles. The monoisotopic (exact) mass is 250 g/mol. The minimum absolute atomic E-state index is 0.162. The van der Waals surface area contributed by atoms with Crippen LogP contribution in [0.2, 0.25) is 0 Å². The van der Waals surface area contributed by atoms with Gasteiger partial charge in [0.15, 0.2) is 4.88 Å². The zero-order valence-corrected chi connectivity index (χ0v) is 9.61. The van der Waals surface area contributed by atoms with Crippen LogP contribution in [0.25, 0.3) is 0 Å². The van der Waals surface area contributed by atoms with Gasteiger partial charge in [-0.15, -0.1) is 11.3 Å². The molecule has 0 radical (unpaired) electrons. The first-order valence-electron chi connectivity index (χ1n) is 4.88. The fourth-order valence-electron chi connectivity index (χ4n) is 1.37. The molecule has 0 aliphatic carbocycles. The molecule has 1 aromatic heterocycles. The molecule has 2 N–H and O–H groups in total. The lowest BCUT2D eigenvalue weighted by molar-refractivity contribution is 0.0697. The molecule has 0 fully saturated rings. The van der Waals surface area contributed by atoms with Gasteiger partial charge in [0.05, 0.1) is 0 Å². The van der Waals surface area contributed by atoms with E-state index in [9.17, 15) is 9.90 Å². The van der Waals surface area contributed by atoms with Gasteiger partial charge in [0, 0.05) is 0 Å². The van der Waals surface area contributed by atoms with Crippen LogP contribution >= 0.6 is 11.3 Å². The van der Waals surface area contributed by atoms with Crippen molar-refractivity contribution in [1.82, 2.24) is 0 Å². The molecule has 4 nitrogen and oxygen atoms in total. The summed E-state index contributed by atoms with van der Waals surface area (Å²) in [7, 11) is 0. The van der Waals surface area contributed by atoms with Gasteiger partial charge in [0.2, 0.25) is 0 Å². The Hall–Kier alpha value is -2.01. The molecule has 5 heteroatoms. The Morgan fingerprint density at radius 1 is 1.35 bits per heavy atom. The van der Waals surface area contributed by atoms with E-state index in [4.69, 9.17) is 9.84 Å². The number of aromatic hydroxyl groups is 1. The van der Waals surface area contributed by atoms with Gasteiger partial charge in [0.1, 0.15) is 18.1 Å². The Balaban J connectivity index is 2.07. The summed E-state index contributed by atoms with van der Waals surface area (Å²) in [5.74, 6) is -0.480. The zero-order chi connectivity index (χ0) is 12.3. The summed E-state index contributed by atoms with van der Waals surface area (Å²) in [4.78, 5) is 11.0. The molecule has 0 spiro atoms. The first-order chi connectivity index (χ1) is 8.16. The second-order valence-electron chi connectivity index (χ2n) is 3.38. The molecule has 0 saturated carbocycles. The van der Waals surface area contributed by atoms with Crippen LogP contribution in [0, 0.1) is 0 Å². The van der Waals surface area contributed by atoms with Crippen molar-refractivity contribution in [3.63, 3.8) is 0 Å². The molecule has 17 heavy (non-hydrogen) atoms. The lowest BCUT2D eigenvalue weighted by atomic mass is 10.2. The van der Waals surface area contributed by atoms with Crippen LogP contribution < -0.4 is 4.74 Å². The first kappa shape index (κ1) is 11.5. The number of thiophene rings is 1. The van der Waals surface area contributed by atoms with Crippen molar-refractivity contribution in [2.75, 3.05) is 0 Å². The molecule has 1 aromatic carbocycles. The summed E-state index contributed by atoms with van der Waals surface area (Å²) in [6, 6.07) is 8.27. The quantitative estimate of drug-likeness (QED) is 0.875. The highest BCUT2D eigenvalue weighted by molar-refractivity contribution is 7.12. The second kappa shape index (κ2) is 4.88. The van der Waals surface area contributed by atoms with E-state index >= 15 is 0 Å². The van der Waals surface area contributed by atoms with E-state index < -0.39 is 5.97 Å². The molecule has 0 aliphatic heterocycles. The number of hydrogen-bond acceptors (Lipinski definition) is 4. The van der Waals surface area contributed by atoms with Crippen molar-refractivity contribution in [2.24, 2.45) is 0 Å². The average molecular weight is 250 g/mol. The summed E-state index contributed by atoms with van der Waals surface area (Å²) < 4.78 is 5.40. The van der Waals surface area contributed by atoms with Crippen LogP contribution in [0.5, 0.6) is 11.5 Å². The third-order valence-electron chi connectivity index (χ3n) is 2.13. The SMILES string of the molecule is O=C(O)c1sccc1OCc1cccc(O)c1. The molecule has 2 rings (SSSR count). The lowest BCUT2D eigenvalue weighted by Crippen LogP contribution is -1.99. The molecule has 0 aliphatic rings. The number of aromatic carboxylic acids is 1. The van der Waals surface area contributed by atoms with Gasteiger partial charge in [-0.05, 0) is 29.1 Å². The minimum Gasteiger partial charge on any atom is -0.508 e. The van der Waals surface area contributed by atoms with E-state index in [-0.39, 0.29) is 17.2 Å². The topological polar surface area (TPSA) is 66.8 Å². The van der Waals surface area contributed by atoms with E-state index in [0.29, 0.717) is 5.75 Å². The molecular weight excluding hydrogens is 240 g/mol. The molecular formula is C12H10O4S. The molecule has 0 amide bonds. The summed E-state index contributed by atoms with van der Waals surface area (Å²) in [6.07, 6.45) is 0. The van der Waals surface area contributed by atoms with Gasteiger partial charge in [0.25, 0.3) is 0 Å². The highest BCUT2D eigenvalue weighted by atomic mass is 32.1. The summed E-state index contributed by atoms with van der Waals surface area (Å²) in [5, 5.41) is 19.8. The Kier molecular flexibility index (Phi) is 3.30. The van der Waals surface area contributed by atoms with Crippen molar-refractivity contribution in [3.05, 3.63) is 46.2 Å². The molecule has 0 atom stereocenters. The molecule has 0 unspecified atom stereocenters. The van der Waals surface area contributed by atoms with E-state index in [1.807, 2.05) is 0 Å². The van der Waals surface area contributed by atoms with Crippen LogP contribution in [0.4, 0.5) is 0 Å². The lowest BCUT2D eigenvalue weighted by Gasteiger charge is -2.05. The van der Waals surface area contributed by atoms with Crippen LogP contribution in [0.15, 0.2) is 35.7 Å². The number of ether oxygens (including phenoxy) is 1. The molecule has 88 valence electrons. The summed E-state index contributed by atoms with van der Waals surface area (Å²) in [5.41, 5.74) is 0.785. The van der Waals surface area contributed by atoms with Gasteiger partial charge < -0.3 is 14.9 Å². The highest BCUT2D eigenvalue weighted by Crippen LogP contribution is 2.25. The van der Waals surface area contributed by atoms with Gasteiger partial charge in [-0.2, -0.15) is 0 Å². The zero-order valence-electron chi connectivity index (χ0n) is 8.79. The van der Waals surface area contributed by atoms with Crippen molar-refractivity contribution in [2.45, 2.75) is 6.61 Å². The van der Waals surface area contributed by atoms with Crippen molar-refractivity contribution in [1.29, 1.82) is 0 Å². The van der Waals surface area contributed by atoms with Gasteiger partial charge in [-0.3, -0.25) is 0 Å². The van der Waals surface area contributed by atoms with Crippen LogP contribution in [-0.4, -0.2) is 16.2 Å². The van der Waals surface area contributed by atoms with Crippen LogP contribution in [0.3, 0.4) is 0 Å². The van der Waals surface area contributed by atoms with Crippen molar-refractivity contribution in [3.8, 4) is 11.5 Å². The largest absolute Gasteiger partial charge is 0.508 e. The number of phenols is 1. The normalized spacial score (nSPS) is 10.1. The third-order valence-corrected chi connectivity index (χ3v) is 3.01. The number of carbonyl (C=O) groups is 1. The maximum absolute atomic E-state index is 10.8. The van der Waals surface area contributed by atoms with Gasteiger partial charge in [-0.25, -0.2) is 4.79 Å². The van der Waals surface area contributed by atoms with Crippen molar-refractivity contribution < 1.29 is 19.7 Å². The van der Waals surface area contributed by atoms with E-state index in [2.05, 4.69) is 0 Å². The number of carboxylic acid groups (broad SMARTS) is 1. The Morgan fingerprint density at radius 3 is 2.88 bits per heavy atom. The van der Waals surface area contributed by atoms with E-state index in [1.54, 1.807) is 35.7 Å². The number of hydrogen-bond donors (Lipinski definition) is 2. The third kappa shape index (κ3) is 2.76. The van der Waals surface area contributed by atoms with Crippen molar-refractivity contribution >= 4 is 17.3 Å². The average Bonchev–Trinajstić information content (AvgIpc) is 2.74. The van der Waals surface area contributed by atoms with Crippen LogP contribution in [-0.2, 0) is 6.61 Å². The van der Waals surface area contributed by atoms with E-state index in [1.165, 1.54) is 0 Å². The Bertz CT molecular complexity index is 533. The smallest absolute Gasteiger partial charge is 0.349 e. The Morgan fingerprint density at radius 2 is 2.18 bits per heavy atom. The molecule has 0 bridgehead atoms. The number of benzene rings is 1. The number of carboxylic acids is 1. The van der Waals surface area contributed by atoms with Gasteiger partial charge >= 0.3 is 5.97 Å². The van der Waals surface area contributed by atoms with Gasteiger partial charge in [-0.1, -0.05) is 12.1 Å². The standard InChI is InChI=1S/C12H10O4S/c13-9-3-1-2-8(6-9)7-16-10-4-5-17-11(10)12(14)15/h1-6,13H,7H2,(H,14,15). The van der Waals surface area contributed by atoms with Crippen LogP contribution in [0.1, 0.15) is 15.2 Å². The summed E-state index contributed by atoms with van der Waals surface area (Å²) >= 11 is 1.12. The highest BCUT2D eigenvalue weighted by Gasteiger charge is 2.12. The fourth-order valence-corrected chi connectivity index (χ4v) is 2.05. The fraction of sp³-hybridized carbons (Fsp3) is 0.0833. The van der Waals surface area contributed by atoms with E-state index in [0.717, 1.165) is 16.9 Å². The minimum atomic E-state index is -0.995. The maximum atomic E-state index is 10.8. The second-order valence-corrected chi connectivity index (χ2v) is 4.29. The molecule has 1 heterocycles. The predicted octanol–water partition coefficient (Wildman–Crippen LogP) is 2.73. The maximum Gasteiger partial charge on any atom is 0.349 e.